The smallest absolute Gasteiger partial charge is 0.354 e. The summed E-state index contributed by atoms with van der Waals surface area (Å²) in [6, 6.07) is 7.66. The number of amides is 1. The van der Waals surface area contributed by atoms with E-state index in [1.54, 1.807) is 36.3 Å². The molecule has 4 heterocycles. The second-order valence-electron chi connectivity index (χ2n) is 12.3. The molecule has 2 aliphatic rings. The summed E-state index contributed by atoms with van der Waals surface area (Å²) >= 11 is 6.59. The molecule has 1 amide bonds. The average Bonchev–Trinajstić information content (AvgIpc) is 2.99. The molecule has 2 aromatic carbocycles. The molecule has 1 N–H and O–H groups in total. The molecule has 4 aromatic rings. The minimum atomic E-state index is -0.583. The maximum Gasteiger partial charge on any atom is 0.354 e. The lowest BCUT2D eigenvalue weighted by Gasteiger charge is -2.48. The number of aryl methyl sites for hydroxylation is 1. The highest BCUT2D eigenvalue weighted by molar-refractivity contribution is 6.33. The highest BCUT2D eigenvalue weighted by Gasteiger charge is 2.39. The summed E-state index contributed by atoms with van der Waals surface area (Å²) in [5.74, 6) is -0.594. The fraction of sp³-hybridized carbons (Fsp3) is 0.353. The van der Waals surface area contributed by atoms with Crippen LogP contribution in [0.4, 0.5) is 15.9 Å². The number of hydrogen-bond donors (Lipinski definition) is 1. The number of halogens is 2. The molecule has 2 aromatic heterocycles. The average molecular weight is 631 g/mol. The Kier molecular flexibility index (Phi) is 7.81. The monoisotopic (exact) mass is 630 g/mol. The molecule has 9 nitrogen and oxygen atoms in total. The van der Waals surface area contributed by atoms with Crippen molar-refractivity contribution < 1.29 is 14.3 Å². The van der Waals surface area contributed by atoms with E-state index in [1.165, 1.54) is 16.7 Å². The second kappa shape index (κ2) is 11.5. The van der Waals surface area contributed by atoms with Crippen LogP contribution in [-0.4, -0.2) is 69.2 Å². The van der Waals surface area contributed by atoms with Gasteiger partial charge in [0.15, 0.2) is 5.82 Å². The Bertz CT molecular complexity index is 1900. The number of phenols is 1. The summed E-state index contributed by atoms with van der Waals surface area (Å²) in [5, 5.41) is 11.6. The van der Waals surface area contributed by atoms with Crippen LogP contribution in [0.3, 0.4) is 0 Å². The van der Waals surface area contributed by atoms with Crippen molar-refractivity contribution in [3.63, 3.8) is 0 Å². The van der Waals surface area contributed by atoms with Crippen molar-refractivity contribution in [3.8, 4) is 22.6 Å². The van der Waals surface area contributed by atoms with Gasteiger partial charge in [-0.25, -0.2) is 9.18 Å². The highest BCUT2D eigenvalue weighted by Crippen LogP contribution is 2.47. The lowest BCUT2D eigenvalue weighted by atomic mass is 9.95. The first kappa shape index (κ1) is 30.6. The Labute approximate surface area is 266 Å². The first-order chi connectivity index (χ1) is 21.4. The fourth-order valence-electron chi connectivity index (χ4n) is 6.89. The first-order valence-electron chi connectivity index (χ1n) is 15.1. The number of anilines is 2. The molecule has 0 saturated carbocycles. The third kappa shape index (κ3) is 4.91. The molecule has 2 atom stereocenters. The molecule has 1 fully saturated rings. The molecule has 2 aliphatic heterocycles. The molecule has 1 saturated heterocycles. The zero-order valence-electron chi connectivity index (χ0n) is 26.0. The summed E-state index contributed by atoms with van der Waals surface area (Å²) in [4.78, 5) is 42.0. The van der Waals surface area contributed by atoms with Gasteiger partial charge in [-0.3, -0.25) is 14.3 Å². The molecule has 0 bridgehead atoms. The number of aromatic nitrogens is 3. The number of pyridine rings is 1. The van der Waals surface area contributed by atoms with Crippen LogP contribution >= 0.6 is 11.6 Å². The Morgan fingerprint density at radius 1 is 1.22 bits per heavy atom. The molecular weight excluding hydrogens is 595 g/mol. The fourth-order valence-corrected chi connectivity index (χ4v) is 7.17. The largest absolute Gasteiger partial charge is 0.507 e. The number of aromatic hydroxyl groups is 1. The van der Waals surface area contributed by atoms with Crippen molar-refractivity contribution in [2.45, 2.75) is 52.1 Å². The number of piperazine rings is 1. The summed E-state index contributed by atoms with van der Waals surface area (Å²) in [5.41, 5.74) is 2.42. The van der Waals surface area contributed by atoms with Gasteiger partial charge in [0.2, 0.25) is 5.91 Å². The van der Waals surface area contributed by atoms with Crippen LogP contribution in [-0.2, 0) is 4.79 Å². The number of rotatable bonds is 4. The summed E-state index contributed by atoms with van der Waals surface area (Å²) in [6.07, 6.45) is 3.60. The second-order valence-corrected chi connectivity index (χ2v) is 12.7. The van der Waals surface area contributed by atoms with Gasteiger partial charge in [-0.05, 0) is 62.1 Å². The lowest BCUT2D eigenvalue weighted by molar-refractivity contribution is -0.127. The molecule has 234 valence electrons. The zero-order valence-corrected chi connectivity index (χ0v) is 26.8. The summed E-state index contributed by atoms with van der Waals surface area (Å²) in [7, 11) is 1.80. The maximum atomic E-state index is 17.1. The van der Waals surface area contributed by atoms with Crippen LogP contribution in [0.1, 0.15) is 44.4 Å². The van der Waals surface area contributed by atoms with Crippen LogP contribution in [0.15, 0.2) is 54.0 Å². The third-order valence-electron chi connectivity index (χ3n) is 8.96. The van der Waals surface area contributed by atoms with E-state index in [4.69, 9.17) is 16.6 Å². The van der Waals surface area contributed by atoms with Crippen LogP contribution in [0.5, 0.6) is 5.75 Å². The van der Waals surface area contributed by atoms with E-state index in [0.29, 0.717) is 54.2 Å². The summed E-state index contributed by atoms with van der Waals surface area (Å²) < 4.78 is 18.6. The Hall–Kier alpha value is -4.44. The van der Waals surface area contributed by atoms with E-state index in [1.807, 2.05) is 38.7 Å². The molecule has 45 heavy (non-hydrogen) atoms. The maximum absolute atomic E-state index is 17.1. The molecule has 0 aliphatic carbocycles. The number of carbonyl (C=O) groups is 1. The zero-order chi connectivity index (χ0) is 32.3. The predicted molar refractivity (Wildman–Crippen MR) is 176 cm³/mol. The first-order valence-corrected chi connectivity index (χ1v) is 15.5. The SMILES string of the molecule is C=CC(=O)N1CC(C)N2c3nc(=O)n(-c4c(C)ccnc4C(C)C)c4cc(-c5c(O)cccc5Cl)c(F)c(c34)N(C)CCC2C1. The number of nitrogens with zero attached hydrogens (tertiary/aromatic N) is 6. The minimum absolute atomic E-state index is 0.0324. The topological polar surface area (TPSA) is 94.8 Å². The minimum Gasteiger partial charge on any atom is -0.507 e. The lowest BCUT2D eigenvalue weighted by Crippen LogP contribution is -2.60. The normalized spacial score (nSPS) is 18.2. The van der Waals surface area contributed by atoms with Crippen LogP contribution in [0.25, 0.3) is 27.7 Å². The number of fused-ring (bicyclic) bond motifs is 2. The molecule has 6 rings (SSSR count). The van der Waals surface area contributed by atoms with Crippen molar-refractivity contribution in [3.05, 3.63) is 81.8 Å². The van der Waals surface area contributed by atoms with Gasteiger partial charge in [-0.1, -0.05) is 38.1 Å². The van der Waals surface area contributed by atoms with Crippen molar-refractivity contribution in [2.75, 3.05) is 36.5 Å². The number of benzene rings is 2. The van der Waals surface area contributed by atoms with E-state index in [-0.39, 0.29) is 51.5 Å². The summed E-state index contributed by atoms with van der Waals surface area (Å²) in [6.45, 7) is 12.8. The van der Waals surface area contributed by atoms with Gasteiger partial charge in [0.1, 0.15) is 11.6 Å². The Morgan fingerprint density at radius 2 is 1.98 bits per heavy atom. The van der Waals surface area contributed by atoms with Gasteiger partial charge in [0.05, 0.1) is 39.0 Å². The van der Waals surface area contributed by atoms with Gasteiger partial charge < -0.3 is 19.8 Å². The van der Waals surface area contributed by atoms with Gasteiger partial charge in [-0.15, -0.1) is 0 Å². The number of carbonyl (C=O) groups excluding carboxylic acids is 1. The number of phenolic OH excluding ortho intramolecular Hbond substituents is 1. The Morgan fingerprint density at radius 3 is 2.67 bits per heavy atom. The van der Waals surface area contributed by atoms with Crippen molar-refractivity contribution >= 4 is 39.9 Å². The van der Waals surface area contributed by atoms with Gasteiger partial charge >= 0.3 is 5.69 Å². The molecule has 2 unspecified atom stereocenters. The molecule has 0 radical (unpaired) electrons. The number of hydrogen-bond acceptors (Lipinski definition) is 7. The van der Waals surface area contributed by atoms with Gasteiger partial charge in [0, 0.05) is 50.0 Å². The van der Waals surface area contributed by atoms with E-state index in [9.17, 15) is 14.7 Å². The van der Waals surface area contributed by atoms with Gasteiger partial charge in [0.25, 0.3) is 0 Å². The molecular formula is C34H36ClFN6O3. The predicted octanol–water partition coefficient (Wildman–Crippen LogP) is 5.81. The van der Waals surface area contributed by atoms with Crippen LogP contribution in [0.2, 0.25) is 5.02 Å². The highest BCUT2D eigenvalue weighted by atomic mass is 35.5. The quantitative estimate of drug-likeness (QED) is 0.285. The van der Waals surface area contributed by atoms with E-state index in [0.717, 1.165) is 5.56 Å². The van der Waals surface area contributed by atoms with E-state index < -0.39 is 11.5 Å². The van der Waals surface area contributed by atoms with Crippen molar-refractivity contribution in [2.24, 2.45) is 0 Å². The van der Waals surface area contributed by atoms with E-state index >= 15 is 4.39 Å². The Balaban J connectivity index is 1.77. The van der Waals surface area contributed by atoms with Crippen LogP contribution < -0.4 is 15.5 Å². The van der Waals surface area contributed by atoms with E-state index in [2.05, 4.69) is 16.5 Å². The van der Waals surface area contributed by atoms with Crippen LogP contribution in [0, 0.1) is 12.7 Å². The molecule has 0 spiro atoms. The third-order valence-corrected chi connectivity index (χ3v) is 9.27. The standard InChI is InChI=1S/C34H36ClFN6O3/c1-7-26(44)40-16-20(5)41-21(17-40)12-14-39(6)32-28-24(15-22(29(32)36)27-23(35)9-8-10-25(27)43)42(34(45)38-33(28)41)31-19(4)11-13-37-30(31)18(2)3/h7-11,13,15,18,20-21,43H,1,12,14,16-17H2,2-6H3. The molecule has 11 heteroatoms. The van der Waals surface area contributed by atoms with Crippen molar-refractivity contribution in [1.29, 1.82) is 0 Å². The van der Waals surface area contributed by atoms with Crippen molar-refractivity contribution in [1.82, 2.24) is 19.4 Å². The van der Waals surface area contributed by atoms with Gasteiger partial charge in [-0.2, -0.15) is 4.98 Å².